The molecule has 0 aliphatic heterocycles. The van der Waals surface area contributed by atoms with Crippen LogP contribution in [0.2, 0.25) is 0 Å². The third-order valence-electron chi connectivity index (χ3n) is 4.64. The zero-order chi connectivity index (χ0) is 19.6. The number of carbonyl (C=O) groups is 2. The van der Waals surface area contributed by atoms with E-state index >= 15 is 0 Å². The van der Waals surface area contributed by atoms with Gasteiger partial charge in [0.1, 0.15) is 0 Å². The molecule has 0 saturated heterocycles. The molecule has 0 aromatic heterocycles. The summed E-state index contributed by atoms with van der Waals surface area (Å²) in [5.41, 5.74) is 7.35. The summed E-state index contributed by atoms with van der Waals surface area (Å²) in [5.74, 6) is 1.72. The van der Waals surface area contributed by atoms with E-state index in [2.05, 4.69) is 13.8 Å². The van der Waals surface area contributed by atoms with E-state index in [1.54, 1.807) is 41.7 Å². The van der Waals surface area contributed by atoms with E-state index in [0.717, 1.165) is 24.3 Å². The number of rotatable bonds is 12. The molecule has 1 aromatic carbocycles. The number of anilines is 1. The van der Waals surface area contributed by atoms with Crippen LogP contribution in [0.25, 0.3) is 0 Å². The van der Waals surface area contributed by atoms with Gasteiger partial charge in [0, 0.05) is 16.8 Å². The van der Waals surface area contributed by atoms with Crippen LogP contribution in [0, 0.1) is 0 Å². The second kappa shape index (κ2) is 11.6. The summed E-state index contributed by atoms with van der Waals surface area (Å²) in [4.78, 5) is 27.4. The van der Waals surface area contributed by atoms with Gasteiger partial charge in [0.05, 0.1) is 9.81 Å². The number of Topliss-reactive ketones (excluding diaryl/α,β-unsaturated/α-hetero) is 2. The Labute approximate surface area is 171 Å². The lowest BCUT2D eigenvalue weighted by molar-refractivity contribution is 0.0988. The lowest BCUT2D eigenvalue weighted by Crippen LogP contribution is -2.20. The highest BCUT2D eigenvalue weighted by Crippen LogP contribution is 2.39. The maximum Gasteiger partial charge on any atom is 0.201 e. The van der Waals surface area contributed by atoms with Crippen LogP contribution < -0.4 is 5.73 Å². The number of carbonyl (C=O) groups excluding carboxylic acids is 2. The van der Waals surface area contributed by atoms with Gasteiger partial charge >= 0.3 is 0 Å². The quantitative estimate of drug-likeness (QED) is 0.318. The van der Waals surface area contributed by atoms with Crippen LogP contribution in [0.15, 0.2) is 28.0 Å². The average molecular weight is 406 g/mol. The molecule has 1 aliphatic rings. The molecule has 0 unspecified atom stereocenters. The van der Waals surface area contributed by atoms with Crippen molar-refractivity contribution >= 4 is 40.8 Å². The first-order chi connectivity index (χ1) is 13.1. The average Bonchev–Trinajstić information content (AvgIpc) is 2.66. The minimum absolute atomic E-state index is 0.0128. The van der Waals surface area contributed by atoms with Gasteiger partial charge in [0.15, 0.2) is 0 Å². The highest BCUT2D eigenvalue weighted by molar-refractivity contribution is 8.08. The molecule has 0 amide bonds. The van der Waals surface area contributed by atoms with Crippen molar-refractivity contribution in [3.63, 3.8) is 0 Å². The number of hydrogen-bond donors (Lipinski definition) is 1. The molecule has 27 heavy (non-hydrogen) atoms. The molecule has 0 atom stereocenters. The Balaban J connectivity index is 2.16. The zero-order valence-corrected chi connectivity index (χ0v) is 18.1. The summed E-state index contributed by atoms with van der Waals surface area (Å²) in [5, 5.41) is 0. The van der Waals surface area contributed by atoms with Gasteiger partial charge in [0.2, 0.25) is 11.6 Å². The first kappa shape index (κ1) is 22.1. The molecule has 3 nitrogen and oxygen atoms in total. The van der Waals surface area contributed by atoms with E-state index in [0.29, 0.717) is 26.6 Å². The first-order valence-corrected chi connectivity index (χ1v) is 12.1. The van der Waals surface area contributed by atoms with Gasteiger partial charge < -0.3 is 5.73 Å². The number of fused-ring (bicyclic) bond motifs is 1. The first-order valence-electron chi connectivity index (χ1n) is 10.1. The Kier molecular flexibility index (Phi) is 9.49. The van der Waals surface area contributed by atoms with Crippen molar-refractivity contribution in [2.24, 2.45) is 0 Å². The fourth-order valence-electron chi connectivity index (χ4n) is 3.07. The Morgan fingerprint density at radius 3 is 1.78 bits per heavy atom. The van der Waals surface area contributed by atoms with Crippen LogP contribution in [-0.2, 0) is 0 Å². The monoisotopic (exact) mass is 405 g/mol. The van der Waals surface area contributed by atoms with Gasteiger partial charge in [-0.2, -0.15) is 0 Å². The number of ketones is 2. The van der Waals surface area contributed by atoms with E-state index < -0.39 is 0 Å². The molecule has 1 aromatic rings. The Morgan fingerprint density at radius 2 is 1.26 bits per heavy atom. The van der Waals surface area contributed by atoms with E-state index in [-0.39, 0.29) is 11.6 Å². The lowest BCUT2D eigenvalue weighted by atomic mass is 9.94. The second-order valence-corrected chi connectivity index (χ2v) is 9.15. The Hall–Kier alpha value is -1.20. The number of nitrogen functional groups attached to an aromatic ring is 1. The van der Waals surface area contributed by atoms with E-state index in [9.17, 15) is 9.59 Å². The van der Waals surface area contributed by atoms with Crippen LogP contribution in [0.4, 0.5) is 5.69 Å². The molecule has 0 fully saturated rings. The molecule has 148 valence electrons. The van der Waals surface area contributed by atoms with E-state index in [1.807, 2.05) is 0 Å². The fourth-order valence-corrected chi connectivity index (χ4v) is 5.46. The summed E-state index contributed by atoms with van der Waals surface area (Å²) in [6.45, 7) is 4.38. The van der Waals surface area contributed by atoms with Gasteiger partial charge in [-0.3, -0.25) is 9.59 Å². The van der Waals surface area contributed by atoms with Gasteiger partial charge in [-0.05, 0) is 42.5 Å². The molecular formula is C22H31NO2S2. The predicted octanol–water partition coefficient (Wildman–Crippen LogP) is 6.49. The van der Waals surface area contributed by atoms with Crippen molar-refractivity contribution in [2.45, 2.75) is 65.2 Å². The number of thioether (sulfide) groups is 2. The molecular weight excluding hydrogens is 374 g/mol. The Bertz CT molecular complexity index is 698. The molecule has 2 rings (SSSR count). The fraction of sp³-hybridized carbons (Fsp3) is 0.545. The summed E-state index contributed by atoms with van der Waals surface area (Å²) >= 11 is 3.11. The SMILES string of the molecule is CCCCCCSC1=C(SCCCCCC)C(=O)c2cc(N)ccc2C1=O. The molecule has 1 aliphatic carbocycles. The van der Waals surface area contributed by atoms with Gasteiger partial charge in [-0.15, -0.1) is 23.5 Å². The number of allylic oxidation sites excluding steroid dienone is 2. The summed E-state index contributed by atoms with van der Waals surface area (Å²) in [6.07, 6.45) is 9.30. The van der Waals surface area contributed by atoms with Crippen LogP contribution >= 0.6 is 23.5 Å². The van der Waals surface area contributed by atoms with E-state index in [4.69, 9.17) is 5.73 Å². The Morgan fingerprint density at radius 1 is 0.741 bits per heavy atom. The largest absolute Gasteiger partial charge is 0.399 e. The molecule has 2 N–H and O–H groups in total. The van der Waals surface area contributed by atoms with Crippen molar-refractivity contribution in [2.75, 3.05) is 17.2 Å². The summed E-state index contributed by atoms with van der Waals surface area (Å²) < 4.78 is 0. The zero-order valence-electron chi connectivity index (χ0n) is 16.5. The van der Waals surface area contributed by atoms with Crippen LogP contribution in [-0.4, -0.2) is 23.1 Å². The highest BCUT2D eigenvalue weighted by atomic mass is 32.2. The third kappa shape index (κ3) is 6.15. The van der Waals surface area contributed by atoms with Gasteiger partial charge in [-0.25, -0.2) is 0 Å². The minimum atomic E-state index is -0.0338. The third-order valence-corrected chi connectivity index (χ3v) is 7.11. The molecule has 0 spiro atoms. The smallest absolute Gasteiger partial charge is 0.201 e. The number of benzene rings is 1. The standard InChI is InChI=1S/C22H31NO2S2/c1-3-5-7-9-13-26-21-19(24)17-12-11-16(23)15-18(17)20(25)22(21)27-14-10-8-6-4-2/h11-12,15H,3-10,13-14,23H2,1-2H3. The van der Waals surface area contributed by atoms with E-state index in [1.165, 1.54) is 38.5 Å². The molecule has 5 heteroatoms. The maximum atomic E-state index is 13.1. The van der Waals surface area contributed by atoms with Crippen molar-refractivity contribution in [3.8, 4) is 0 Å². The predicted molar refractivity (Wildman–Crippen MR) is 120 cm³/mol. The highest BCUT2D eigenvalue weighted by Gasteiger charge is 2.32. The minimum Gasteiger partial charge on any atom is -0.399 e. The summed E-state index contributed by atoms with van der Waals surface area (Å²) in [6, 6.07) is 5.05. The number of hydrogen-bond acceptors (Lipinski definition) is 5. The lowest BCUT2D eigenvalue weighted by Gasteiger charge is -2.20. The maximum absolute atomic E-state index is 13.1. The van der Waals surface area contributed by atoms with Crippen LogP contribution in [0.5, 0.6) is 0 Å². The molecule has 0 radical (unpaired) electrons. The molecule has 0 bridgehead atoms. The molecule has 0 heterocycles. The van der Waals surface area contributed by atoms with Crippen molar-refractivity contribution in [3.05, 3.63) is 39.1 Å². The molecule has 0 saturated carbocycles. The summed E-state index contributed by atoms with van der Waals surface area (Å²) in [7, 11) is 0. The number of unbranched alkanes of at least 4 members (excludes halogenated alkanes) is 6. The van der Waals surface area contributed by atoms with Crippen molar-refractivity contribution in [1.29, 1.82) is 0 Å². The van der Waals surface area contributed by atoms with Crippen LogP contribution in [0.3, 0.4) is 0 Å². The number of nitrogens with two attached hydrogens (primary N) is 1. The normalized spacial score (nSPS) is 14.0. The topological polar surface area (TPSA) is 60.2 Å². The van der Waals surface area contributed by atoms with Crippen molar-refractivity contribution in [1.82, 2.24) is 0 Å². The van der Waals surface area contributed by atoms with Crippen LogP contribution in [0.1, 0.15) is 85.9 Å². The second-order valence-electron chi connectivity index (χ2n) is 6.94. The van der Waals surface area contributed by atoms with Crippen molar-refractivity contribution < 1.29 is 9.59 Å². The van der Waals surface area contributed by atoms with Gasteiger partial charge in [-0.1, -0.05) is 52.4 Å². The van der Waals surface area contributed by atoms with Gasteiger partial charge in [0.25, 0.3) is 0 Å².